The first-order valence-electron chi connectivity index (χ1n) is 8.46. The van der Waals surface area contributed by atoms with Crippen LogP contribution in [0.4, 0.5) is 11.8 Å². The van der Waals surface area contributed by atoms with Gasteiger partial charge in [0.25, 0.3) is 0 Å². The van der Waals surface area contributed by atoms with Crippen molar-refractivity contribution in [3.8, 4) is 5.75 Å². The van der Waals surface area contributed by atoms with E-state index >= 15 is 0 Å². The minimum atomic E-state index is -3.12. The number of hydrogen-bond acceptors (Lipinski definition) is 7. The predicted molar refractivity (Wildman–Crippen MR) is 92.6 cm³/mol. The number of aromatic nitrogens is 2. The third kappa shape index (κ3) is 4.27. The summed E-state index contributed by atoms with van der Waals surface area (Å²) in [5.41, 5.74) is 0. The van der Waals surface area contributed by atoms with Crippen molar-refractivity contribution in [1.82, 2.24) is 14.3 Å². The molecule has 0 bridgehead atoms. The number of anilines is 2. The van der Waals surface area contributed by atoms with Gasteiger partial charge in [0.15, 0.2) is 11.6 Å². The third-order valence-corrected chi connectivity index (χ3v) is 6.02. The molecular formula is C15H25N5O3S. The van der Waals surface area contributed by atoms with E-state index in [0.717, 1.165) is 12.8 Å². The van der Waals surface area contributed by atoms with Crippen molar-refractivity contribution >= 4 is 21.8 Å². The van der Waals surface area contributed by atoms with Gasteiger partial charge in [0.2, 0.25) is 16.0 Å². The molecule has 1 saturated carbocycles. The van der Waals surface area contributed by atoms with E-state index in [9.17, 15) is 13.5 Å². The molecule has 1 saturated heterocycles. The topological polar surface area (TPSA) is 107 Å². The van der Waals surface area contributed by atoms with Gasteiger partial charge in [0, 0.05) is 25.2 Å². The molecule has 134 valence electrons. The molecular weight excluding hydrogens is 330 g/mol. The molecule has 8 nitrogen and oxygen atoms in total. The number of nitrogens with zero attached hydrogens (tertiary/aromatic N) is 3. The number of nitrogens with one attached hydrogen (secondary N) is 2. The fraction of sp³-hybridized carbons (Fsp3) is 0.733. The second kappa shape index (κ2) is 7.10. The van der Waals surface area contributed by atoms with Crippen molar-refractivity contribution in [2.45, 2.75) is 50.6 Å². The zero-order valence-electron chi connectivity index (χ0n) is 13.9. The van der Waals surface area contributed by atoms with Gasteiger partial charge < -0.3 is 15.7 Å². The number of piperidine rings is 1. The molecule has 9 heteroatoms. The third-order valence-electron chi connectivity index (χ3n) is 4.72. The van der Waals surface area contributed by atoms with Gasteiger partial charge in [-0.3, -0.25) is 0 Å². The Hall–Kier alpha value is -1.61. The lowest BCUT2D eigenvalue weighted by Crippen LogP contribution is -2.42. The summed E-state index contributed by atoms with van der Waals surface area (Å²) in [7, 11) is -3.12. The molecule has 0 amide bonds. The fourth-order valence-electron chi connectivity index (χ4n) is 3.33. The Morgan fingerprint density at radius 1 is 1.12 bits per heavy atom. The van der Waals surface area contributed by atoms with E-state index in [0.29, 0.717) is 43.7 Å². The molecule has 0 aromatic carbocycles. The maximum Gasteiger partial charge on any atom is 0.225 e. The molecule has 0 spiro atoms. The Morgan fingerprint density at radius 3 is 2.38 bits per heavy atom. The van der Waals surface area contributed by atoms with E-state index in [1.54, 1.807) is 0 Å². The minimum absolute atomic E-state index is 0.0549. The van der Waals surface area contributed by atoms with Crippen LogP contribution in [0.15, 0.2) is 6.20 Å². The average Bonchev–Trinajstić information content (AvgIpc) is 3.03. The predicted octanol–water partition coefficient (Wildman–Crippen LogP) is 1.37. The summed E-state index contributed by atoms with van der Waals surface area (Å²) in [5, 5.41) is 16.5. The van der Waals surface area contributed by atoms with E-state index in [2.05, 4.69) is 20.6 Å². The van der Waals surface area contributed by atoms with Crippen molar-refractivity contribution in [2.24, 2.45) is 0 Å². The highest BCUT2D eigenvalue weighted by molar-refractivity contribution is 7.88. The summed E-state index contributed by atoms with van der Waals surface area (Å²) in [4.78, 5) is 8.51. The molecule has 1 aromatic rings. The van der Waals surface area contributed by atoms with Gasteiger partial charge in [-0.2, -0.15) is 4.98 Å². The Labute approximate surface area is 142 Å². The van der Waals surface area contributed by atoms with Gasteiger partial charge in [-0.25, -0.2) is 17.7 Å². The molecule has 1 aliphatic carbocycles. The molecule has 2 heterocycles. The van der Waals surface area contributed by atoms with Crippen LogP contribution in [0.25, 0.3) is 0 Å². The highest BCUT2D eigenvalue weighted by atomic mass is 32.2. The lowest BCUT2D eigenvalue weighted by atomic mass is 10.1. The number of hydrogen-bond donors (Lipinski definition) is 3. The molecule has 3 N–H and O–H groups in total. The maximum atomic E-state index is 11.5. The van der Waals surface area contributed by atoms with E-state index in [1.807, 2.05) is 0 Å². The van der Waals surface area contributed by atoms with Crippen molar-refractivity contribution in [3.63, 3.8) is 0 Å². The van der Waals surface area contributed by atoms with Gasteiger partial charge >= 0.3 is 0 Å². The van der Waals surface area contributed by atoms with Crippen LogP contribution in [-0.4, -0.2) is 59.2 Å². The second-order valence-electron chi connectivity index (χ2n) is 6.63. The summed E-state index contributed by atoms with van der Waals surface area (Å²) in [6.07, 6.45) is 8.65. The highest BCUT2D eigenvalue weighted by Gasteiger charge is 2.25. The SMILES string of the molecule is CS(=O)(=O)N1CCC(Nc2ncc(O)c(NC3CCCC3)n2)CC1. The molecule has 0 atom stereocenters. The monoisotopic (exact) mass is 355 g/mol. The van der Waals surface area contributed by atoms with Crippen LogP contribution in [0.1, 0.15) is 38.5 Å². The lowest BCUT2D eigenvalue weighted by Gasteiger charge is -2.30. The smallest absolute Gasteiger partial charge is 0.225 e. The molecule has 2 fully saturated rings. The van der Waals surface area contributed by atoms with E-state index in [1.165, 1.54) is 29.6 Å². The summed E-state index contributed by atoms with van der Waals surface area (Å²) in [6, 6.07) is 0.489. The number of rotatable bonds is 5. The molecule has 24 heavy (non-hydrogen) atoms. The minimum Gasteiger partial charge on any atom is -0.503 e. The van der Waals surface area contributed by atoms with E-state index in [-0.39, 0.29) is 11.8 Å². The summed E-state index contributed by atoms with van der Waals surface area (Å²) >= 11 is 0. The first-order valence-corrected chi connectivity index (χ1v) is 10.3. The summed E-state index contributed by atoms with van der Waals surface area (Å²) in [6.45, 7) is 1.00. The van der Waals surface area contributed by atoms with Crippen LogP contribution in [0, 0.1) is 0 Å². The molecule has 0 unspecified atom stereocenters. The normalized spacial score (nSPS) is 21.0. The summed E-state index contributed by atoms with van der Waals surface area (Å²) in [5.74, 6) is 0.985. The first-order chi connectivity index (χ1) is 11.4. The van der Waals surface area contributed by atoms with Gasteiger partial charge in [-0.15, -0.1) is 0 Å². The Balaban J connectivity index is 1.59. The Morgan fingerprint density at radius 2 is 1.75 bits per heavy atom. The van der Waals surface area contributed by atoms with Crippen LogP contribution in [-0.2, 0) is 10.0 Å². The highest BCUT2D eigenvalue weighted by Crippen LogP contribution is 2.27. The molecule has 2 aliphatic rings. The van der Waals surface area contributed by atoms with Crippen molar-refractivity contribution in [3.05, 3.63) is 6.20 Å². The average molecular weight is 355 g/mol. The number of sulfonamides is 1. The van der Waals surface area contributed by atoms with Crippen molar-refractivity contribution < 1.29 is 13.5 Å². The van der Waals surface area contributed by atoms with Gasteiger partial charge in [0.1, 0.15) is 0 Å². The first kappa shape index (κ1) is 17.2. The van der Waals surface area contributed by atoms with Crippen LogP contribution in [0.5, 0.6) is 5.75 Å². The van der Waals surface area contributed by atoms with Crippen LogP contribution in [0.3, 0.4) is 0 Å². The second-order valence-corrected chi connectivity index (χ2v) is 8.62. The largest absolute Gasteiger partial charge is 0.503 e. The van der Waals surface area contributed by atoms with Crippen molar-refractivity contribution in [1.29, 1.82) is 0 Å². The van der Waals surface area contributed by atoms with Crippen LogP contribution < -0.4 is 10.6 Å². The molecule has 3 rings (SSSR count). The van der Waals surface area contributed by atoms with Gasteiger partial charge in [-0.1, -0.05) is 12.8 Å². The van der Waals surface area contributed by atoms with Crippen LogP contribution >= 0.6 is 0 Å². The zero-order chi connectivity index (χ0) is 17.2. The Kier molecular flexibility index (Phi) is 5.09. The molecule has 0 radical (unpaired) electrons. The van der Waals surface area contributed by atoms with E-state index < -0.39 is 10.0 Å². The van der Waals surface area contributed by atoms with Gasteiger partial charge in [0.05, 0.1) is 12.5 Å². The molecule has 1 aromatic heterocycles. The van der Waals surface area contributed by atoms with Gasteiger partial charge in [-0.05, 0) is 25.7 Å². The maximum absolute atomic E-state index is 11.5. The molecule has 1 aliphatic heterocycles. The van der Waals surface area contributed by atoms with E-state index in [4.69, 9.17) is 0 Å². The standard InChI is InChI=1S/C15H25N5O3S/c1-24(22,23)20-8-6-12(7-9-20)18-15-16-10-13(21)14(19-15)17-11-4-2-3-5-11/h10-12,21H,2-9H2,1H3,(H2,16,17,18,19). The quantitative estimate of drug-likeness (QED) is 0.732. The lowest BCUT2D eigenvalue weighted by molar-refractivity contribution is 0.331. The zero-order valence-corrected chi connectivity index (χ0v) is 14.7. The fourth-order valence-corrected chi connectivity index (χ4v) is 4.20. The van der Waals surface area contributed by atoms with Crippen LogP contribution in [0.2, 0.25) is 0 Å². The van der Waals surface area contributed by atoms with Crippen molar-refractivity contribution in [2.75, 3.05) is 30.0 Å². The summed E-state index contributed by atoms with van der Waals surface area (Å²) < 4.78 is 24.6. The Bertz CT molecular complexity index is 668. The number of aromatic hydroxyl groups is 1.